The van der Waals surface area contributed by atoms with Crippen LogP contribution in [0.1, 0.15) is 30.6 Å². The number of nitrogen functional groups attached to an aromatic ring is 1. The Bertz CT molecular complexity index is 488. The van der Waals surface area contributed by atoms with Crippen LogP contribution >= 0.6 is 15.9 Å². The summed E-state index contributed by atoms with van der Waals surface area (Å²) in [5, 5.41) is 12.6. The molecule has 2 atom stereocenters. The summed E-state index contributed by atoms with van der Waals surface area (Å²) in [4.78, 5) is 12.0. The van der Waals surface area contributed by atoms with Crippen LogP contribution in [-0.2, 0) is 0 Å². The summed E-state index contributed by atoms with van der Waals surface area (Å²) in [6.45, 7) is 3.89. The van der Waals surface area contributed by atoms with E-state index < -0.39 is 0 Å². The van der Waals surface area contributed by atoms with Crippen molar-refractivity contribution in [1.29, 1.82) is 0 Å². The maximum absolute atomic E-state index is 12.0. The van der Waals surface area contributed by atoms with Gasteiger partial charge in [-0.3, -0.25) is 4.79 Å². The van der Waals surface area contributed by atoms with Gasteiger partial charge in [0.2, 0.25) is 0 Å². The molecule has 0 bridgehead atoms. The smallest absolute Gasteiger partial charge is 0.251 e. The third kappa shape index (κ3) is 2.24. The lowest BCUT2D eigenvalue weighted by molar-refractivity contribution is -0.0689. The number of nitrogens with one attached hydrogen (secondary N) is 1. The Hall–Kier alpha value is -1.07. The van der Waals surface area contributed by atoms with Crippen LogP contribution in [-0.4, -0.2) is 23.2 Å². The number of anilines is 1. The predicted octanol–water partition coefficient (Wildman–Crippen LogP) is 1.92. The molecule has 0 radical (unpaired) electrons. The number of aliphatic hydroxyl groups excluding tert-OH is 1. The van der Waals surface area contributed by atoms with Gasteiger partial charge in [0.05, 0.1) is 6.10 Å². The van der Waals surface area contributed by atoms with Crippen molar-refractivity contribution in [2.45, 2.75) is 32.4 Å². The molecule has 18 heavy (non-hydrogen) atoms. The molecule has 2 rings (SSSR count). The Morgan fingerprint density at radius 2 is 2.22 bits per heavy atom. The first-order valence-electron chi connectivity index (χ1n) is 5.86. The summed E-state index contributed by atoms with van der Waals surface area (Å²) in [6.07, 6.45) is 0.253. The summed E-state index contributed by atoms with van der Waals surface area (Å²) in [5.41, 5.74) is 6.55. The number of rotatable bonds is 2. The molecule has 1 aliphatic rings. The van der Waals surface area contributed by atoms with Crippen LogP contribution in [0.5, 0.6) is 0 Å². The van der Waals surface area contributed by atoms with E-state index in [-0.39, 0.29) is 23.5 Å². The Labute approximate surface area is 115 Å². The van der Waals surface area contributed by atoms with Crippen LogP contribution in [0.4, 0.5) is 5.69 Å². The van der Waals surface area contributed by atoms with E-state index in [0.29, 0.717) is 17.7 Å². The highest BCUT2D eigenvalue weighted by molar-refractivity contribution is 9.10. The first-order valence-corrected chi connectivity index (χ1v) is 6.65. The summed E-state index contributed by atoms with van der Waals surface area (Å²) >= 11 is 3.29. The SMILES string of the molecule is CC1(C)C(O)CC1NC(=O)c1ccc(Br)c(N)c1. The minimum absolute atomic E-state index is 0.00451. The molecule has 5 heteroatoms. The molecule has 1 aliphatic carbocycles. The fourth-order valence-corrected chi connectivity index (χ4v) is 2.32. The zero-order chi connectivity index (χ0) is 13.5. The molecule has 0 saturated heterocycles. The molecule has 1 aromatic carbocycles. The predicted molar refractivity (Wildman–Crippen MR) is 74.2 cm³/mol. The summed E-state index contributed by atoms with van der Waals surface area (Å²) < 4.78 is 0.776. The molecule has 4 N–H and O–H groups in total. The lowest BCUT2D eigenvalue weighted by Crippen LogP contribution is -2.61. The van der Waals surface area contributed by atoms with Crippen molar-refractivity contribution in [2.24, 2.45) is 5.41 Å². The molecule has 1 fully saturated rings. The average Bonchev–Trinajstić information content (AvgIpc) is 2.32. The van der Waals surface area contributed by atoms with Gasteiger partial charge in [0.25, 0.3) is 5.91 Å². The second kappa shape index (κ2) is 4.55. The maximum atomic E-state index is 12.0. The number of halogens is 1. The number of benzene rings is 1. The standard InChI is InChI=1S/C13H17BrN2O2/c1-13(2)10(6-11(13)17)16-12(18)7-3-4-8(14)9(15)5-7/h3-5,10-11,17H,6,15H2,1-2H3,(H,16,18). The zero-order valence-corrected chi connectivity index (χ0v) is 12.0. The van der Waals surface area contributed by atoms with Gasteiger partial charge in [0, 0.05) is 27.2 Å². The summed E-state index contributed by atoms with van der Waals surface area (Å²) in [7, 11) is 0. The van der Waals surface area contributed by atoms with Crippen molar-refractivity contribution >= 4 is 27.5 Å². The van der Waals surface area contributed by atoms with Gasteiger partial charge in [0.15, 0.2) is 0 Å². The zero-order valence-electron chi connectivity index (χ0n) is 10.4. The highest BCUT2D eigenvalue weighted by Crippen LogP contribution is 2.40. The van der Waals surface area contributed by atoms with E-state index in [1.165, 1.54) is 0 Å². The topological polar surface area (TPSA) is 75.3 Å². The van der Waals surface area contributed by atoms with E-state index in [1.807, 2.05) is 13.8 Å². The van der Waals surface area contributed by atoms with Crippen LogP contribution in [0.3, 0.4) is 0 Å². The van der Waals surface area contributed by atoms with Crippen molar-refractivity contribution in [2.75, 3.05) is 5.73 Å². The lowest BCUT2D eigenvalue weighted by atomic mass is 9.64. The minimum atomic E-state index is -0.349. The molecule has 0 heterocycles. The fraction of sp³-hybridized carbons (Fsp3) is 0.462. The molecule has 1 amide bonds. The number of amides is 1. The number of hydrogen-bond acceptors (Lipinski definition) is 3. The number of carbonyl (C=O) groups excluding carboxylic acids is 1. The van der Waals surface area contributed by atoms with E-state index in [4.69, 9.17) is 5.73 Å². The highest BCUT2D eigenvalue weighted by Gasteiger charge is 2.47. The average molecular weight is 313 g/mol. The van der Waals surface area contributed by atoms with Crippen LogP contribution < -0.4 is 11.1 Å². The number of aliphatic hydroxyl groups is 1. The van der Waals surface area contributed by atoms with Gasteiger partial charge in [-0.05, 0) is 40.5 Å². The number of nitrogens with two attached hydrogens (primary N) is 1. The van der Waals surface area contributed by atoms with E-state index >= 15 is 0 Å². The van der Waals surface area contributed by atoms with Crippen LogP contribution in [0.15, 0.2) is 22.7 Å². The Kier molecular flexibility index (Phi) is 3.38. The molecule has 0 aliphatic heterocycles. The van der Waals surface area contributed by atoms with E-state index in [0.717, 1.165) is 4.47 Å². The number of carbonyl (C=O) groups is 1. The first kappa shape index (κ1) is 13.4. The van der Waals surface area contributed by atoms with Gasteiger partial charge >= 0.3 is 0 Å². The van der Waals surface area contributed by atoms with Crippen molar-refractivity contribution in [3.63, 3.8) is 0 Å². The van der Waals surface area contributed by atoms with Crippen molar-refractivity contribution in [3.8, 4) is 0 Å². The van der Waals surface area contributed by atoms with Crippen molar-refractivity contribution in [3.05, 3.63) is 28.2 Å². The van der Waals surface area contributed by atoms with Gasteiger partial charge in [-0.2, -0.15) is 0 Å². The van der Waals surface area contributed by atoms with Gasteiger partial charge in [-0.15, -0.1) is 0 Å². The quantitative estimate of drug-likeness (QED) is 0.730. The third-order valence-corrected chi connectivity index (χ3v) is 4.50. The number of hydrogen-bond donors (Lipinski definition) is 3. The van der Waals surface area contributed by atoms with Crippen LogP contribution in [0.2, 0.25) is 0 Å². The monoisotopic (exact) mass is 312 g/mol. The van der Waals surface area contributed by atoms with Crippen LogP contribution in [0.25, 0.3) is 0 Å². The largest absolute Gasteiger partial charge is 0.398 e. The van der Waals surface area contributed by atoms with Crippen LogP contribution in [0, 0.1) is 5.41 Å². The fourth-order valence-electron chi connectivity index (χ4n) is 2.07. The first-order chi connectivity index (χ1) is 8.32. The summed E-state index contributed by atoms with van der Waals surface area (Å²) in [5.74, 6) is -0.154. The van der Waals surface area contributed by atoms with Gasteiger partial charge < -0.3 is 16.2 Å². The van der Waals surface area contributed by atoms with E-state index in [1.54, 1.807) is 18.2 Å². The molecule has 2 unspecified atom stereocenters. The normalized spacial score (nSPS) is 25.3. The molecule has 1 saturated carbocycles. The molecule has 0 aromatic heterocycles. The van der Waals surface area contributed by atoms with Crippen molar-refractivity contribution in [1.82, 2.24) is 5.32 Å². The lowest BCUT2D eigenvalue weighted by Gasteiger charge is -2.49. The van der Waals surface area contributed by atoms with Gasteiger partial charge in [0.1, 0.15) is 0 Å². The summed E-state index contributed by atoms with van der Waals surface area (Å²) in [6, 6.07) is 5.12. The molecule has 1 aromatic rings. The second-order valence-electron chi connectivity index (χ2n) is 5.34. The minimum Gasteiger partial charge on any atom is -0.398 e. The van der Waals surface area contributed by atoms with E-state index in [9.17, 15) is 9.90 Å². The van der Waals surface area contributed by atoms with Gasteiger partial charge in [-0.1, -0.05) is 13.8 Å². The van der Waals surface area contributed by atoms with Crippen molar-refractivity contribution < 1.29 is 9.90 Å². The Morgan fingerprint density at radius 1 is 1.56 bits per heavy atom. The van der Waals surface area contributed by atoms with Gasteiger partial charge in [-0.25, -0.2) is 0 Å². The Balaban J connectivity index is 2.07. The highest BCUT2D eigenvalue weighted by atomic mass is 79.9. The molecule has 4 nitrogen and oxygen atoms in total. The molecule has 98 valence electrons. The van der Waals surface area contributed by atoms with E-state index in [2.05, 4.69) is 21.2 Å². The maximum Gasteiger partial charge on any atom is 0.251 e. The molecular weight excluding hydrogens is 296 g/mol. The Morgan fingerprint density at radius 3 is 2.72 bits per heavy atom. The third-order valence-electron chi connectivity index (χ3n) is 3.78. The second-order valence-corrected chi connectivity index (χ2v) is 6.19. The molecule has 0 spiro atoms. The molecular formula is C13H17BrN2O2.